The fraction of sp³-hybridized carbons (Fsp3) is 0.727. The molecule has 0 unspecified atom stereocenters. The molecule has 0 aromatic carbocycles. The van der Waals surface area contributed by atoms with Gasteiger partial charge < -0.3 is 30.6 Å². The number of Topliss-reactive ketones (excluding diaryl/α,β-unsaturated/α-hetero) is 2. The monoisotopic (exact) mass is 800 g/mol. The van der Waals surface area contributed by atoms with Crippen molar-refractivity contribution >= 4 is 34.7 Å². The van der Waals surface area contributed by atoms with Gasteiger partial charge in [-0.1, -0.05) is 57.9 Å². The number of carbonyl (C=O) groups is 4. The van der Waals surface area contributed by atoms with Crippen LogP contribution in [-0.2, 0) is 19.2 Å². The highest BCUT2D eigenvalue weighted by molar-refractivity contribution is 6.26. The SMILES string of the molecule is C[C@H]1C[C@H]2[C@@H]3CCC4=CC(=O)C=C[C@]4(C)[C@@]3(Cl)[C@@H](O)C[C@]2(C)[C@@]1(O)C(=O)CO.C[C@H]1C[C@H]2[C@@H]3CCC4=CC(=O)C=C[C@]4(C)[C@@]3(F)[C@@H](O)C[C@]2(C)[C@@]1(O)C(=O)CO. The minimum absolute atomic E-state index is 0.0567. The third-order valence-corrected chi connectivity index (χ3v) is 18.5. The lowest BCUT2D eigenvalue weighted by Gasteiger charge is -2.63. The van der Waals surface area contributed by atoms with Crippen molar-refractivity contribution in [3.63, 3.8) is 0 Å². The van der Waals surface area contributed by atoms with Crippen LogP contribution in [0.5, 0.6) is 0 Å². The van der Waals surface area contributed by atoms with E-state index >= 15 is 4.39 Å². The molecule has 10 nitrogen and oxygen atoms in total. The summed E-state index contributed by atoms with van der Waals surface area (Å²) in [7, 11) is 0. The smallest absolute Gasteiger partial charge is 0.190 e. The number of hydrogen-bond donors (Lipinski definition) is 6. The number of rotatable bonds is 4. The topological polar surface area (TPSA) is 190 Å². The van der Waals surface area contributed by atoms with Gasteiger partial charge in [0.05, 0.1) is 17.1 Å². The van der Waals surface area contributed by atoms with Gasteiger partial charge in [-0.2, -0.15) is 0 Å². The molecule has 16 atom stereocenters. The molecular formula is C44H58ClFO10. The summed E-state index contributed by atoms with van der Waals surface area (Å²) in [5, 5.41) is 64.3. The van der Waals surface area contributed by atoms with E-state index in [1.54, 1.807) is 32.9 Å². The third kappa shape index (κ3) is 4.82. The van der Waals surface area contributed by atoms with Crippen LogP contribution in [0.2, 0.25) is 0 Å². The van der Waals surface area contributed by atoms with Crippen LogP contribution < -0.4 is 0 Å². The molecule has 6 saturated carbocycles. The standard InChI is InChI=1S/C22H29ClO5.C22H29FO5/c2*1-12-8-16-15-5-4-13-9-14(25)6-7-19(13,2)21(15,23)17(26)10-20(16,3)22(12,28)18(27)11-24/h2*6-7,9,12,15-17,24,26,28H,4-5,8,10-11H2,1-3H3/t2*12-,15-,16-,17-,19-,20-,21-,22-/m00/s1. The normalized spacial score (nSPS) is 52.5. The average molecular weight is 801 g/mol. The Morgan fingerprint density at radius 2 is 1.12 bits per heavy atom. The van der Waals surface area contributed by atoms with Gasteiger partial charge in [0.15, 0.2) is 28.8 Å². The van der Waals surface area contributed by atoms with E-state index in [2.05, 4.69) is 0 Å². The molecule has 0 amide bonds. The van der Waals surface area contributed by atoms with Crippen LogP contribution in [0.3, 0.4) is 0 Å². The molecule has 0 radical (unpaired) electrons. The fourth-order valence-electron chi connectivity index (χ4n) is 14.5. The number of halogens is 2. The van der Waals surface area contributed by atoms with E-state index in [0.717, 1.165) is 5.57 Å². The Morgan fingerprint density at radius 3 is 1.61 bits per heavy atom. The minimum Gasteiger partial charge on any atom is -0.391 e. The van der Waals surface area contributed by atoms with Crippen molar-refractivity contribution in [1.29, 1.82) is 0 Å². The van der Waals surface area contributed by atoms with E-state index in [9.17, 15) is 49.8 Å². The summed E-state index contributed by atoms with van der Waals surface area (Å²) in [6.45, 7) is 9.45. The zero-order chi connectivity index (χ0) is 41.4. The highest BCUT2D eigenvalue weighted by Crippen LogP contribution is 2.73. The van der Waals surface area contributed by atoms with Crippen molar-refractivity contribution in [1.82, 2.24) is 0 Å². The van der Waals surface area contributed by atoms with E-state index < -0.39 is 92.2 Å². The first kappa shape index (κ1) is 41.8. The molecule has 56 heavy (non-hydrogen) atoms. The van der Waals surface area contributed by atoms with Gasteiger partial charge in [-0.25, -0.2) is 4.39 Å². The van der Waals surface area contributed by atoms with E-state index in [4.69, 9.17) is 11.6 Å². The molecule has 6 N–H and O–H groups in total. The summed E-state index contributed by atoms with van der Waals surface area (Å²) in [6, 6.07) is 0. The summed E-state index contributed by atoms with van der Waals surface area (Å²) < 4.78 is 16.9. The molecule has 8 rings (SSSR count). The van der Waals surface area contributed by atoms with Crippen molar-refractivity contribution in [2.75, 3.05) is 13.2 Å². The number of aliphatic hydroxyl groups excluding tert-OH is 4. The summed E-state index contributed by atoms with van der Waals surface area (Å²) >= 11 is 7.30. The zero-order valence-corrected chi connectivity index (χ0v) is 34.0. The molecule has 0 aromatic heterocycles. The molecule has 6 fully saturated rings. The fourth-order valence-corrected chi connectivity index (χ4v) is 15.0. The van der Waals surface area contributed by atoms with Crippen molar-refractivity contribution in [3.8, 4) is 0 Å². The van der Waals surface area contributed by atoms with Crippen molar-refractivity contribution in [3.05, 3.63) is 47.6 Å². The van der Waals surface area contributed by atoms with Gasteiger partial charge in [0.25, 0.3) is 0 Å². The number of carbonyl (C=O) groups excluding carboxylic acids is 4. The molecule has 0 saturated heterocycles. The second-order valence-corrected chi connectivity index (χ2v) is 20.1. The summed E-state index contributed by atoms with van der Waals surface area (Å²) in [4.78, 5) is 47.9. The van der Waals surface area contributed by atoms with E-state index in [1.165, 1.54) is 18.2 Å². The molecule has 12 heteroatoms. The molecule has 0 aliphatic heterocycles. The average Bonchev–Trinajstić information content (AvgIpc) is 3.48. The maximum atomic E-state index is 16.9. The predicted octanol–water partition coefficient (Wildman–Crippen LogP) is 4.06. The van der Waals surface area contributed by atoms with E-state index in [1.807, 2.05) is 26.8 Å². The number of fused-ring (bicyclic) bond motifs is 10. The van der Waals surface area contributed by atoms with Crippen LogP contribution in [0.15, 0.2) is 47.6 Å². The quantitative estimate of drug-likeness (QED) is 0.226. The van der Waals surface area contributed by atoms with Crippen molar-refractivity contribution < 1.29 is 54.2 Å². The molecule has 0 spiro atoms. The van der Waals surface area contributed by atoms with Crippen LogP contribution in [-0.4, -0.2) is 101 Å². The maximum Gasteiger partial charge on any atom is 0.190 e. The van der Waals surface area contributed by atoms with Crippen LogP contribution in [0.4, 0.5) is 4.39 Å². The van der Waals surface area contributed by atoms with Gasteiger partial charge in [-0.3, -0.25) is 19.2 Å². The molecule has 0 aromatic rings. The van der Waals surface area contributed by atoms with Gasteiger partial charge in [0.1, 0.15) is 24.4 Å². The van der Waals surface area contributed by atoms with Gasteiger partial charge in [0.2, 0.25) is 0 Å². The van der Waals surface area contributed by atoms with Gasteiger partial charge in [0, 0.05) is 27.6 Å². The second kappa shape index (κ2) is 13.1. The first-order valence-corrected chi connectivity index (χ1v) is 20.7. The molecule has 0 heterocycles. The number of ketones is 4. The highest BCUT2D eigenvalue weighted by atomic mass is 35.5. The Morgan fingerprint density at radius 1 is 0.714 bits per heavy atom. The molecule has 308 valence electrons. The Balaban J connectivity index is 0.000000172. The summed E-state index contributed by atoms with van der Waals surface area (Å²) in [5.41, 5.74) is -7.42. The first-order valence-electron chi connectivity index (χ1n) is 20.3. The molecule has 0 bridgehead atoms. The second-order valence-electron chi connectivity index (χ2n) is 19.5. The minimum atomic E-state index is -1.98. The zero-order valence-electron chi connectivity index (χ0n) is 33.2. The van der Waals surface area contributed by atoms with Gasteiger partial charge in [-0.05, 0) is 112 Å². The van der Waals surface area contributed by atoms with Gasteiger partial charge >= 0.3 is 0 Å². The van der Waals surface area contributed by atoms with Gasteiger partial charge in [-0.15, -0.1) is 11.6 Å². The predicted molar refractivity (Wildman–Crippen MR) is 205 cm³/mol. The summed E-state index contributed by atoms with van der Waals surface area (Å²) in [6.07, 6.45) is 10.7. The molecule has 8 aliphatic carbocycles. The largest absolute Gasteiger partial charge is 0.391 e. The van der Waals surface area contributed by atoms with Crippen molar-refractivity contribution in [2.45, 2.75) is 127 Å². The Hall–Kier alpha value is -2.38. The van der Waals surface area contributed by atoms with Crippen LogP contribution in [0.1, 0.15) is 92.9 Å². The number of aliphatic hydroxyl groups is 6. The lowest BCUT2D eigenvalue weighted by atomic mass is 9.44. The first-order chi connectivity index (χ1) is 25.9. The number of hydrogen-bond acceptors (Lipinski definition) is 10. The van der Waals surface area contributed by atoms with Crippen LogP contribution in [0, 0.1) is 57.2 Å². The Bertz CT molecular complexity index is 1740. The lowest BCUT2D eigenvalue weighted by Crippen LogP contribution is -2.69. The van der Waals surface area contributed by atoms with Crippen molar-refractivity contribution in [2.24, 2.45) is 57.2 Å². The van der Waals surface area contributed by atoms with E-state index in [-0.39, 0.29) is 48.1 Å². The maximum absolute atomic E-state index is 16.9. The number of allylic oxidation sites excluding steroid dienone is 8. The lowest BCUT2D eigenvalue weighted by molar-refractivity contribution is -0.219. The van der Waals surface area contributed by atoms with Crippen LogP contribution >= 0.6 is 11.6 Å². The molecular weight excluding hydrogens is 743 g/mol. The Labute approximate surface area is 333 Å². The third-order valence-electron chi connectivity index (χ3n) is 17.6. The molecule has 8 aliphatic rings. The number of alkyl halides is 2. The highest BCUT2D eigenvalue weighted by Gasteiger charge is 2.77. The Kier molecular flexibility index (Phi) is 9.74. The van der Waals surface area contributed by atoms with Crippen LogP contribution in [0.25, 0.3) is 0 Å². The van der Waals surface area contributed by atoms with E-state index in [0.29, 0.717) is 44.1 Å². The summed E-state index contributed by atoms with van der Waals surface area (Å²) in [5.74, 6) is -3.27.